The van der Waals surface area contributed by atoms with Crippen LogP contribution in [0.15, 0.2) is 30.3 Å². The number of aliphatic hydroxyl groups excluding tert-OH is 1. The molecule has 0 unspecified atom stereocenters. The molecule has 1 nitrogen and oxygen atoms in total. The zero-order chi connectivity index (χ0) is 8.10. The molecular formula is C9H10OSe. The van der Waals surface area contributed by atoms with Crippen LogP contribution in [0.5, 0.6) is 0 Å². The number of aliphatic hydroxyl groups is 1. The third-order valence-corrected chi connectivity index (χ3v) is 1.90. The molecule has 0 heterocycles. The van der Waals surface area contributed by atoms with Gasteiger partial charge in [0.25, 0.3) is 0 Å². The van der Waals surface area contributed by atoms with Crippen LogP contribution in [0.1, 0.15) is 12.0 Å². The van der Waals surface area contributed by atoms with Gasteiger partial charge in [-0.2, -0.15) is 0 Å². The molecule has 11 heavy (non-hydrogen) atoms. The molecule has 1 aromatic carbocycles. The van der Waals surface area contributed by atoms with Crippen molar-refractivity contribution in [2.75, 3.05) is 0 Å². The maximum atomic E-state index is 8.87. The molecule has 0 aliphatic rings. The van der Waals surface area contributed by atoms with Gasteiger partial charge in [-0.05, 0) is 0 Å². The molecule has 0 amide bonds. The topological polar surface area (TPSA) is 20.2 Å². The van der Waals surface area contributed by atoms with Crippen LogP contribution in [0.3, 0.4) is 0 Å². The molecule has 0 radical (unpaired) electrons. The monoisotopic (exact) mass is 214 g/mol. The standard InChI is InChI=1S/C9H10OSe/c10-9(11)7-6-8-4-2-1-3-5-8/h1-5H,6-7H2,(H,10,11). The van der Waals surface area contributed by atoms with Crippen molar-refractivity contribution in [2.24, 2.45) is 0 Å². The molecule has 58 valence electrons. The van der Waals surface area contributed by atoms with E-state index < -0.39 is 0 Å². The summed E-state index contributed by atoms with van der Waals surface area (Å²) in [4.78, 5) is 0. The van der Waals surface area contributed by atoms with Gasteiger partial charge in [-0.15, -0.1) is 0 Å². The van der Waals surface area contributed by atoms with Gasteiger partial charge in [0, 0.05) is 0 Å². The second kappa shape index (κ2) is 4.32. The van der Waals surface area contributed by atoms with Crippen LogP contribution in [-0.2, 0) is 6.42 Å². The van der Waals surface area contributed by atoms with Crippen LogP contribution in [0.25, 0.3) is 0 Å². The van der Waals surface area contributed by atoms with Gasteiger partial charge in [-0.3, -0.25) is 0 Å². The van der Waals surface area contributed by atoms with Crippen LogP contribution in [-0.4, -0.2) is 25.3 Å². The van der Waals surface area contributed by atoms with E-state index in [0.29, 0.717) is 11.0 Å². The van der Waals surface area contributed by atoms with E-state index in [-0.39, 0.29) is 0 Å². The Balaban J connectivity index is 2.45. The molecule has 2 heteroatoms. The average Bonchev–Trinajstić information content (AvgIpc) is 2.03. The van der Waals surface area contributed by atoms with Crippen molar-refractivity contribution in [2.45, 2.75) is 12.8 Å². The molecule has 0 aliphatic heterocycles. The summed E-state index contributed by atoms with van der Waals surface area (Å²) in [5, 5.41) is 8.87. The molecule has 0 spiro atoms. The zero-order valence-electron chi connectivity index (χ0n) is 6.16. The molecule has 1 aromatic rings. The molecule has 1 N–H and O–H groups in total. The number of benzene rings is 1. The summed E-state index contributed by atoms with van der Waals surface area (Å²) in [5.74, 6) is 0. The zero-order valence-corrected chi connectivity index (χ0v) is 7.87. The van der Waals surface area contributed by atoms with Crippen molar-refractivity contribution in [3.8, 4) is 0 Å². The minimum atomic E-state index is 0.383. The fourth-order valence-electron chi connectivity index (χ4n) is 0.896. The van der Waals surface area contributed by atoms with Crippen molar-refractivity contribution in [3.05, 3.63) is 35.9 Å². The molecule has 0 saturated heterocycles. The van der Waals surface area contributed by atoms with Gasteiger partial charge in [-0.25, -0.2) is 0 Å². The first-order chi connectivity index (χ1) is 5.29. The fourth-order valence-corrected chi connectivity index (χ4v) is 1.11. The average molecular weight is 213 g/mol. The molecular weight excluding hydrogens is 203 g/mol. The first-order valence-corrected chi connectivity index (χ1v) is 4.40. The summed E-state index contributed by atoms with van der Waals surface area (Å²) in [5.41, 5.74) is 1.26. The summed E-state index contributed by atoms with van der Waals surface area (Å²) in [6.07, 6.45) is 1.61. The van der Waals surface area contributed by atoms with Crippen molar-refractivity contribution in [1.29, 1.82) is 0 Å². The van der Waals surface area contributed by atoms with E-state index in [4.69, 9.17) is 5.11 Å². The second-order valence-corrected chi connectivity index (χ2v) is 3.37. The Hall–Kier alpha value is -0.591. The Morgan fingerprint density at radius 3 is 2.45 bits per heavy atom. The Kier molecular flexibility index (Phi) is 3.34. The summed E-state index contributed by atoms with van der Waals surface area (Å²) in [6, 6.07) is 10.1. The first kappa shape index (κ1) is 8.51. The Morgan fingerprint density at radius 1 is 1.27 bits per heavy atom. The molecule has 0 aromatic heterocycles. The van der Waals surface area contributed by atoms with E-state index in [1.165, 1.54) is 5.56 Å². The third kappa shape index (κ3) is 3.35. The minimum absolute atomic E-state index is 0.383. The number of rotatable bonds is 3. The van der Waals surface area contributed by atoms with Gasteiger partial charge < -0.3 is 0 Å². The quantitative estimate of drug-likeness (QED) is 0.750. The van der Waals surface area contributed by atoms with E-state index in [9.17, 15) is 0 Å². The molecule has 0 aliphatic carbocycles. The van der Waals surface area contributed by atoms with E-state index in [0.717, 1.165) is 6.42 Å². The predicted molar refractivity (Wildman–Crippen MR) is 47.5 cm³/mol. The van der Waals surface area contributed by atoms with Crippen molar-refractivity contribution in [3.63, 3.8) is 0 Å². The molecule has 1 rings (SSSR count). The maximum absolute atomic E-state index is 8.87. The van der Waals surface area contributed by atoms with Gasteiger partial charge in [0.2, 0.25) is 0 Å². The third-order valence-electron chi connectivity index (χ3n) is 1.47. The van der Waals surface area contributed by atoms with Gasteiger partial charge in [-0.1, -0.05) is 0 Å². The van der Waals surface area contributed by atoms with Crippen molar-refractivity contribution >= 4 is 20.2 Å². The number of hydrogen-bond acceptors (Lipinski definition) is 1. The SMILES string of the molecule is OC(=[Se])CCc1ccccc1. The predicted octanol–water partition coefficient (Wildman–Crippen LogP) is 1.29. The summed E-state index contributed by atoms with van der Waals surface area (Å²) in [7, 11) is 0. The van der Waals surface area contributed by atoms with Gasteiger partial charge in [0.05, 0.1) is 0 Å². The fraction of sp³-hybridized carbons (Fsp3) is 0.222. The van der Waals surface area contributed by atoms with Gasteiger partial charge >= 0.3 is 74.0 Å². The van der Waals surface area contributed by atoms with E-state index in [1.807, 2.05) is 18.2 Å². The normalized spacial score (nSPS) is 9.45. The van der Waals surface area contributed by atoms with E-state index in [1.54, 1.807) is 0 Å². The van der Waals surface area contributed by atoms with Crippen LogP contribution in [0, 0.1) is 0 Å². The summed E-state index contributed by atoms with van der Waals surface area (Å²) in [6.45, 7) is 0. The first-order valence-electron chi connectivity index (χ1n) is 3.55. The molecule has 0 bridgehead atoms. The van der Waals surface area contributed by atoms with E-state index in [2.05, 4.69) is 27.7 Å². The Bertz CT molecular complexity index is 231. The Morgan fingerprint density at radius 2 is 1.91 bits per heavy atom. The van der Waals surface area contributed by atoms with E-state index >= 15 is 0 Å². The molecule has 0 atom stereocenters. The summed E-state index contributed by atoms with van der Waals surface area (Å²) >= 11 is 2.58. The van der Waals surface area contributed by atoms with Gasteiger partial charge in [0.15, 0.2) is 0 Å². The van der Waals surface area contributed by atoms with Gasteiger partial charge in [0.1, 0.15) is 0 Å². The van der Waals surface area contributed by atoms with Crippen LogP contribution in [0.2, 0.25) is 0 Å². The van der Waals surface area contributed by atoms with Crippen molar-refractivity contribution < 1.29 is 5.11 Å². The van der Waals surface area contributed by atoms with Crippen LogP contribution >= 0.6 is 0 Å². The van der Waals surface area contributed by atoms with Crippen LogP contribution in [0.4, 0.5) is 0 Å². The Labute approximate surface area is 74.4 Å². The van der Waals surface area contributed by atoms with Crippen LogP contribution < -0.4 is 0 Å². The number of aryl methyl sites for hydroxylation is 1. The molecule has 0 fully saturated rings. The second-order valence-electron chi connectivity index (χ2n) is 2.38. The van der Waals surface area contributed by atoms with Crippen molar-refractivity contribution in [1.82, 2.24) is 0 Å². The number of hydrogen-bond donors (Lipinski definition) is 1. The summed E-state index contributed by atoms with van der Waals surface area (Å²) < 4.78 is 0.383. The molecule has 0 saturated carbocycles.